The van der Waals surface area contributed by atoms with E-state index in [1.54, 1.807) is 0 Å². The normalized spacial score (nSPS) is 12.0. The van der Waals surface area contributed by atoms with E-state index in [1.165, 1.54) is 19.2 Å². The Balaban J connectivity index is 3.07. The molecule has 0 aliphatic heterocycles. The smallest absolute Gasteiger partial charge is 0.278 e. The number of nitro benzene ring substituents is 1. The molecule has 1 atom stereocenters. The Bertz CT molecular complexity index is 447. The van der Waals surface area contributed by atoms with Crippen molar-refractivity contribution in [2.45, 2.75) is 26.9 Å². The molecule has 0 aromatic heterocycles. The van der Waals surface area contributed by atoms with E-state index in [-0.39, 0.29) is 11.3 Å². The van der Waals surface area contributed by atoms with Gasteiger partial charge < -0.3 is 14.6 Å². The lowest BCUT2D eigenvalue weighted by Crippen LogP contribution is -2.09. The highest BCUT2D eigenvalue weighted by atomic mass is 16.6. The van der Waals surface area contributed by atoms with Gasteiger partial charge in [0, 0.05) is 0 Å². The van der Waals surface area contributed by atoms with Gasteiger partial charge in [-0.05, 0) is 12.0 Å². The number of ether oxygens (including phenoxy) is 2. The van der Waals surface area contributed by atoms with E-state index >= 15 is 0 Å². The van der Waals surface area contributed by atoms with Gasteiger partial charge in [0.15, 0.2) is 11.5 Å². The van der Waals surface area contributed by atoms with Gasteiger partial charge in [0.05, 0.1) is 36.9 Å². The first kappa shape index (κ1) is 15.2. The largest absolute Gasteiger partial charge is 0.493 e. The maximum Gasteiger partial charge on any atom is 0.278 e. The summed E-state index contributed by atoms with van der Waals surface area (Å²) in [6.07, 6.45) is 0.957. The summed E-state index contributed by atoms with van der Waals surface area (Å²) in [7, 11) is 1.46. The lowest BCUT2D eigenvalue weighted by Gasteiger charge is -2.14. The number of benzene rings is 1. The van der Waals surface area contributed by atoms with Gasteiger partial charge in [-0.2, -0.15) is 0 Å². The number of nitro groups is 1. The fourth-order valence-corrected chi connectivity index (χ4v) is 1.51. The summed E-state index contributed by atoms with van der Waals surface area (Å²) in [6, 6.07) is 2.73. The van der Waals surface area contributed by atoms with Crippen molar-refractivity contribution in [3.63, 3.8) is 0 Å². The van der Waals surface area contributed by atoms with Crippen molar-refractivity contribution >= 4 is 5.69 Å². The molecule has 1 rings (SSSR count). The minimum absolute atomic E-state index is 0.164. The molecule has 0 heterocycles. The van der Waals surface area contributed by atoms with Crippen molar-refractivity contribution in [3.8, 4) is 11.5 Å². The number of hydrogen-bond donors (Lipinski definition) is 1. The molecule has 19 heavy (non-hydrogen) atoms. The van der Waals surface area contributed by atoms with Crippen LogP contribution in [0.2, 0.25) is 0 Å². The molecule has 1 unspecified atom stereocenters. The number of nitrogens with zero attached hydrogens (tertiary/aromatic N) is 1. The molecule has 0 radical (unpaired) electrons. The molecular formula is C13H19NO5. The van der Waals surface area contributed by atoms with Crippen molar-refractivity contribution in [2.75, 3.05) is 13.7 Å². The SMILES string of the molecule is CCC(C)COc1cc([N+](=O)[O-])c(CO)cc1OC. The molecule has 0 saturated heterocycles. The van der Waals surface area contributed by atoms with Crippen LogP contribution < -0.4 is 9.47 Å². The molecule has 0 bridgehead atoms. The van der Waals surface area contributed by atoms with E-state index in [0.717, 1.165) is 6.42 Å². The Morgan fingerprint density at radius 1 is 1.42 bits per heavy atom. The Morgan fingerprint density at radius 3 is 2.58 bits per heavy atom. The van der Waals surface area contributed by atoms with Crippen LogP contribution in [0, 0.1) is 16.0 Å². The zero-order chi connectivity index (χ0) is 14.4. The monoisotopic (exact) mass is 269 g/mol. The van der Waals surface area contributed by atoms with E-state index in [0.29, 0.717) is 24.0 Å². The summed E-state index contributed by atoms with van der Waals surface area (Å²) in [5.41, 5.74) is 0.0418. The van der Waals surface area contributed by atoms with Crippen molar-refractivity contribution < 1.29 is 19.5 Å². The molecule has 106 valence electrons. The van der Waals surface area contributed by atoms with Crippen LogP contribution >= 0.6 is 0 Å². The number of aliphatic hydroxyl groups excluding tert-OH is 1. The second-order valence-electron chi connectivity index (χ2n) is 4.37. The highest BCUT2D eigenvalue weighted by Crippen LogP contribution is 2.35. The van der Waals surface area contributed by atoms with Crippen molar-refractivity contribution in [1.29, 1.82) is 0 Å². The summed E-state index contributed by atoms with van der Waals surface area (Å²) in [5, 5.41) is 20.1. The average molecular weight is 269 g/mol. The summed E-state index contributed by atoms with van der Waals surface area (Å²) in [5.74, 6) is 1.06. The first-order valence-electron chi connectivity index (χ1n) is 6.12. The third-order valence-corrected chi connectivity index (χ3v) is 2.95. The Kier molecular flexibility index (Phi) is 5.57. The van der Waals surface area contributed by atoms with E-state index in [4.69, 9.17) is 14.6 Å². The lowest BCUT2D eigenvalue weighted by molar-refractivity contribution is -0.385. The molecule has 0 spiro atoms. The zero-order valence-electron chi connectivity index (χ0n) is 11.4. The topological polar surface area (TPSA) is 81.8 Å². The summed E-state index contributed by atoms with van der Waals surface area (Å²) in [4.78, 5) is 10.4. The van der Waals surface area contributed by atoms with Gasteiger partial charge in [-0.3, -0.25) is 10.1 Å². The second-order valence-corrected chi connectivity index (χ2v) is 4.37. The predicted octanol–water partition coefficient (Wildman–Crippen LogP) is 2.52. The summed E-state index contributed by atoms with van der Waals surface area (Å²) < 4.78 is 10.7. The van der Waals surface area contributed by atoms with Crippen LogP contribution in [0.15, 0.2) is 12.1 Å². The third kappa shape index (κ3) is 3.82. The molecule has 6 nitrogen and oxygen atoms in total. The van der Waals surface area contributed by atoms with E-state index < -0.39 is 11.5 Å². The first-order valence-corrected chi connectivity index (χ1v) is 6.12. The minimum atomic E-state index is -0.541. The maximum absolute atomic E-state index is 10.9. The van der Waals surface area contributed by atoms with Crippen molar-refractivity contribution in [3.05, 3.63) is 27.8 Å². The zero-order valence-corrected chi connectivity index (χ0v) is 11.4. The molecule has 6 heteroatoms. The van der Waals surface area contributed by atoms with Crippen LogP contribution in [0.1, 0.15) is 25.8 Å². The molecule has 0 fully saturated rings. The van der Waals surface area contributed by atoms with Crippen LogP contribution in [0.3, 0.4) is 0 Å². The number of rotatable bonds is 7. The van der Waals surface area contributed by atoms with Crippen LogP contribution in [0.5, 0.6) is 11.5 Å². The minimum Gasteiger partial charge on any atom is -0.493 e. The Labute approximate surface area is 112 Å². The second kappa shape index (κ2) is 6.94. The van der Waals surface area contributed by atoms with Crippen molar-refractivity contribution in [2.24, 2.45) is 5.92 Å². The van der Waals surface area contributed by atoms with Gasteiger partial charge in [-0.15, -0.1) is 0 Å². The third-order valence-electron chi connectivity index (χ3n) is 2.95. The molecule has 0 amide bonds. The highest BCUT2D eigenvalue weighted by molar-refractivity contribution is 5.54. The van der Waals surface area contributed by atoms with Gasteiger partial charge in [-0.1, -0.05) is 20.3 Å². The number of aliphatic hydroxyl groups is 1. The van der Waals surface area contributed by atoms with Crippen molar-refractivity contribution in [1.82, 2.24) is 0 Å². The van der Waals surface area contributed by atoms with Gasteiger partial charge in [-0.25, -0.2) is 0 Å². The van der Waals surface area contributed by atoms with Gasteiger partial charge in [0.2, 0.25) is 0 Å². The summed E-state index contributed by atoms with van der Waals surface area (Å²) in [6.45, 7) is 4.12. The van der Waals surface area contributed by atoms with Crippen LogP contribution in [-0.4, -0.2) is 23.7 Å². The molecule has 1 N–H and O–H groups in total. The Morgan fingerprint density at radius 2 is 2.11 bits per heavy atom. The fraction of sp³-hybridized carbons (Fsp3) is 0.538. The fourth-order valence-electron chi connectivity index (χ4n) is 1.51. The number of methoxy groups -OCH3 is 1. The Hall–Kier alpha value is -1.82. The molecule has 0 saturated carbocycles. The standard InChI is InChI=1S/C13H19NO5/c1-4-9(2)8-19-13-6-11(14(16)17)10(7-15)5-12(13)18-3/h5-6,9,15H,4,7-8H2,1-3H3. The molecule has 0 aliphatic rings. The highest BCUT2D eigenvalue weighted by Gasteiger charge is 2.19. The molecule has 1 aromatic rings. The van der Waals surface area contributed by atoms with Gasteiger partial charge in [0.1, 0.15) is 0 Å². The van der Waals surface area contributed by atoms with Crippen LogP contribution in [0.4, 0.5) is 5.69 Å². The van der Waals surface area contributed by atoms with Gasteiger partial charge >= 0.3 is 0 Å². The predicted molar refractivity (Wildman–Crippen MR) is 70.5 cm³/mol. The quantitative estimate of drug-likeness (QED) is 0.607. The lowest BCUT2D eigenvalue weighted by atomic mass is 10.1. The maximum atomic E-state index is 10.9. The first-order chi connectivity index (χ1) is 9.03. The molecular weight excluding hydrogens is 250 g/mol. The van der Waals surface area contributed by atoms with E-state index in [2.05, 4.69) is 0 Å². The van der Waals surface area contributed by atoms with Crippen LogP contribution in [0.25, 0.3) is 0 Å². The van der Waals surface area contributed by atoms with E-state index in [1.807, 2.05) is 13.8 Å². The summed E-state index contributed by atoms with van der Waals surface area (Å²) >= 11 is 0. The average Bonchev–Trinajstić information content (AvgIpc) is 2.43. The van der Waals surface area contributed by atoms with E-state index in [9.17, 15) is 10.1 Å². The number of hydrogen-bond acceptors (Lipinski definition) is 5. The van der Waals surface area contributed by atoms with Crippen LogP contribution in [-0.2, 0) is 6.61 Å². The molecule has 0 aliphatic carbocycles. The molecule has 1 aromatic carbocycles. The van der Waals surface area contributed by atoms with Gasteiger partial charge in [0.25, 0.3) is 5.69 Å².